The SMILES string of the molecule is CCC1CNCCC1(C)Cc1ccccc1OC. The molecule has 0 bridgehead atoms. The van der Waals surface area contributed by atoms with Crippen LogP contribution in [-0.4, -0.2) is 20.2 Å². The van der Waals surface area contributed by atoms with Crippen LogP contribution in [0.2, 0.25) is 0 Å². The molecule has 1 fully saturated rings. The van der Waals surface area contributed by atoms with Gasteiger partial charge in [-0.05, 0) is 48.9 Å². The Kier molecular flexibility index (Phi) is 4.28. The number of hydrogen-bond donors (Lipinski definition) is 1. The van der Waals surface area contributed by atoms with E-state index >= 15 is 0 Å². The van der Waals surface area contributed by atoms with Crippen molar-refractivity contribution < 1.29 is 4.74 Å². The van der Waals surface area contributed by atoms with Crippen LogP contribution in [0.4, 0.5) is 0 Å². The molecule has 0 saturated carbocycles. The van der Waals surface area contributed by atoms with Crippen LogP contribution >= 0.6 is 0 Å². The minimum absolute atomic E-state index is 0.397. The second-order valence-electron chi connectivity index (χ2n) is 5.70. The zero-order valence-corrected chi connectivity index (χ0v) is 11.8. The maximum Gasteiger partial charge on any atom is 0.122 e. The Balaban J connectivity index is 2.20. The summed E-state index contributed by atoms with van der Waals surface area (Å²) in [5, 5.41) is 3.52. The second kappa shape index (κ2) is 5.75. The molecule has 1 N–H and O–H groups in total. The quantitative estimate of drug-likeness (QED) is 0.881. The van der Waals surface area contributed by atoms with Gasteiger partial charge < -0.3 is 10.1 Å². The highest BCUT2D eigenvalue weighted by molar-refractivity contribution is 5.34. The predicted molar refractivity (Wildman–Crippen MR) is 76.1 cm³/mol. The van der Waals surface area contributed by atoms with E-state index < -0.39 is 0 Å². The summed E-state index contributed by atoms with van der Waals surface area (Å²) in [6, 6.07) is 8.44. The van der Waals surface area contributed by atoms with Gasteiger partial charge >= 0.3 is 0 Å². The van der Waals surface area contributed by atoms with Crippen LogP contribution < -0.4 is 10.1 Å². The number of nitrogens with one attached hydrogen (secondary N) is 1. The highest BCUT2D eigenvalue weighted by atomic mass is 16.5. The van der Waals surface area contributed by atoms with Crippen LogP contribution in [0, 0.1) is 11.3 Å². The molecule has 2 nitrogen and oxygen atoms in total. The van der Waals surface area contributed by atoms with E-state index in [1.807, 2.05) is 6.07 Å². The summed E-state index contributed by atoms with van der Waals surface area (Å²) < 4.78 is 5.49. The van der Waals surface area contributed by atoms with Gasteiger partial charge in [0.1, 0.15) is 5.75 Å². The molecule has 0 radical (unpaired) electrons. The third-order valence-electron chi connectivity index (χ3n) is 4.53. The summed E-state index contributed by atoms with van der Waals surface area (Å²) in [5.41, 5.74) is 1.75. The number of ether oxygens (including phenoxy) is 1. The summed E-state index contributed by atoms with van der Waals surface area (Å²) in [7, 11) is 1.76. The molecule has 2 heteroatoms. The average molecular weight is 247 g/mol. The van der Waals surface area contributed by atoms with Crippen molar-refractivity contribution in [3.63, 3.8) is 0 Å². The molecule has 1 aliphatic heterocycles. The van der Waals surface area contributed by atoms with E-state index in [-0.39, 0.29) is 0 Å². The molecule has 1 aromatic carbocycles. The molecule has 0 spiro atoms. The van der Waals surface area contributed by atoms with Gasteiger partial charge in [-0.25, -0.2) is 0 Å². The molecule has 100 valence electrons. The average Bonchev–Trinajstić information content (AvgIpc) is 2.39. The number of benzene rings is 1. The molecular weight excluding hydrogens is 222 g/mol. The van der Waals surface area contributed by atoms with Crippen molar-refractivity contribution in [2.45, 2.75) is 33.1 Å². The summed E-state index contributed by atoms with van der Waals surface area (Å²) in [4.78, 5) is 0. The Morgan fingerprint density at radius 1 is 1.39 bits per heavy atom. The predicted octanol–water partition coefficient (Wildman–Crippen LogP) is 3.26. The van der Waals surface area contributed by atoms with Gasteiger partial charge in [-0.15, -0.1) is 0 Å². The van der Waals surface area contributed by atoms with Crippen LogP contribution in [0.5, 0.6) is 5.75 Å². The Hall–Kier alpha value is -1.02. The summed E-state index contributed by atoms with van der Waals surface area (Å²) in [6.45, 7) is 7.04. The Bertz CT molecular complexity index is 390. The molecule has 1 heterocycles. The van der Waals surface area contributed by atoms with Gasteiger partial charge in [-0.2, -0.15) is 0 Å². The Morgan fingerprint density at radius 3 is 2.89 bits per heavy atom. The lowest BCUT2D eigenvalue weighted by Crippen LogP contribution is -2.44. The van der Waals surface area contributed by atoms with Crippen molar-refractivity contribution in [1.82, 2.24) is 5.32 Å². The molecular formula is C16H25NO. The Morgan fingerprint density at radius 2 is 2.17 bits per heavy atom. The minimum atomic E-state index is 0.397. The number of rotatable bonds is 4. The molecule has 2 unspecified atom stereocenters. The molecule has 2 rings (SSSR count). The van der Waals surface area contributed by atoms with Gasteiger partial charge in [0.05, 0.1) is 7.11 Å². The van der Waals surface area contributed by atoms with Crippen LogP contribution in [0.3, 0.4) is 0 Å². The number of para-hydroxylation sites is 1. The summed E-state index contributed by atoms with van der Waals surface area (Å²) >= 11 is 0. The standard InChI is InChI=1S/C16H25NO/c1-4-14-12-17-10-9-16(14,2)11-13-7-5-6-8-15(13)18-3/h5-8,14,17H,4,9-12H2,1-3H3. The molecule has 2 atom stereocenters. The first-order valence-corrected chi connectivity index (χ1v) is 7.02. The fourth-order valence-corrected chi connectivity index (χ4v) is 3.25. The van der Waals surface area contributed by atoms with Crippen LogP contribution in [0.15, 0.2) is 24.3 Å². The van der Waals surface area contributed by atoms with E-state index in [4.69, 9.17) is 4.74 Å². The second-order valence-corrected chi connectivity index (χ2v) is 5.70. The highest BCUT2D eigenvalue weighted by Crippen LogP contribution is 2.40. The minimum Gasteiger partial charge on any atom is -0.496 e. The van der Waals surface area contributed by atoms with Gasteiger partial charge in [0.15, 0.2) is 0 Å². The normalized spacial score (nSPS) is 28.1. The van der Waals surface area contributed by atoms with E-state index in [1.54, 1.807) is 7.11 Å². The molecule has 0 aromatic heterocycles. The lowest BCUT2D eigenvalue weighted by Gasteiger charge is -2.42. The first kappa shape index (κ1) is 13.4. The molecule has 1 aliphatic rings. The largest absolute Gasteiger partial charge is 0.496 e. The molecule has 0 amide bonds. The van der Waals surface area contributed by atoms with Gasteiger partial charge in [0.2, 0.25) is 0 Å². The molecule has 1 saturated heterocycles. The van der Waals surface area contributed by atoms with E-state index in [2.05, 4.69) is 37.4 Å². The fraction of sp³-hybridized carbons (Fsp3) is 0.625. The third kappa shape index (κ3) is 2.69. The number of hydrogen-bond acceptors (Lipinski definition) is 2. The Labute approximate surface area is 111 Å². The summed E-state index contributed by atoms with van der Waals surface area (Å²) in [5.74, 6) is 1.79. The molecule has 18 heavy (non-hydrogen) atoms. The third-order valence-corrected chi connectivity index (χ3v) is 4.53. The smallest absolute Gasteiger partial charge is 0.122 e. The van der Waals surface area contributed by atoms with E-state index in [1.165, 1.54) is 18.4 Å². The molecule has 0 aliphatic carbocycles. The van der Waals surface area contributed by atoms with Gasteiger partial charge in [0.25, 0.3) is 0 Å². The van der Waals surface area contributed by atoms with Gasteiger partial charge in [-0.3, -0.25) is 0 Å². The lowest BCUT2D eigenvalue weighted by molar-refractivity contribution is 0.125. The van der Waals surface area contributed by atoms with Crippen molar-refractivity contribution in [1.29, 1.82) is 0 Å². The van der Waals surface area contributed by atoms with Crippen molar-refractivity contribution in [3.8, 4) is 5.75 Å². The van der Waals surface area contributed by atoms with E-state index in [0.717, 1.165) is 31.2 Å². The van der Waals surface area contributed by atoms with Gasteiger partial charge in [0, 0.05) is 0 Å². The number of methoxy groups -OCH3 is 1. The highest BCUT2D eigenvalue weighted by Gasteiger charge is 2.35. The van der Waals surface area contributed by atoms with Crippen molar-refractivity contribution in [2.24, 2.45) is 11.3 Å². The van der Waals surface area contributed by atoms with Crippen LogP contribution in [-0.2, 0) is 6.42 Å². The van der Waals surface area contributed by atoms with Crippen LogP contribution in [0.25, 0.3) is 0 Å². The first-order chi connectivity index (χ1) is 8.69. The lowest BCUT2D eigenvalue weighted by atomic mass is 9.67. The van der Waals surface area contributed by atoms with Crippen LogP contribution in [0.1, 0.15) is 32.3 Å². The van der Waals surface area contributed by atoms with E-state index in [9.17, 15) is 0 Å². The van der Waals surface area contributed by atoms with Crippen molar-refractivity contribution in [3.05, 3.63) is 29.8 Å². The van der Waals surface area contributed by atoms with Crippen molar-refractivity contribution in [2.75, 3.05) is 20.2 Å². The molecule has 1 aromatic rings. The maximum absolute atomic E-state index is 5.49. The zero-order valence-electron chi connectivity index (χ0n) is 11.8. The topological polar surface area (TPSA) is 21.3 Å². The summed E-state index contributed by atoms with van der Waals surface area (Å²) in [6.07, 6.45) is 3.62. The number of piperidine rings is 1. The van der Waals surface area contributed by atoms with E-state index in [0.29, 0.717) is 5.41 Å². The monoisotopic (exact) mass is 247 g/mol. The maximum atomic E-state index is 5.49. The van der Waals surface area contributed by atoms with Crippen molar-refractivity contribution >= 4 is 0 Å². The van der Waals surface area contributed by atoms with Gasteiger partial charge in [-0.1, -0.05) is 38.5 Å². The first-order valence-electron chi connectivity index (χ1n) is 7.02. The zero-order chi connectivity index (χ0) is 13.0. The fourth-order valence-electron chi connectivity index (χ4n) is 3.25.